The van der Waals surface area contributed by atoms with E-state index >= 15 is 0 Å². The summed E-state index contributed by atoms with van der Waals surface area (Å²) in [5, 5.41) is 6.93. The van der Waals surface area contributed by atoms with E-state index in [1.165, 1.54) is 7.11 Å². The monoisotopic (exact) mass is 268 g/mol. The number of nitrogens with zero attached hydrogens (tertiary/aromatic N) is 3. The maximum absolute atomic E-state index is 11.6. The van der Waals surface area contributed by atoms with Crippen LogP contribution in [0, 0.1) is 0 Å². The van der Waals surface area contributed by atoms with E-state index in [0.717, 1.165) is 5.56 Å². The number of hydrogen-bond acceptors (Lipinski definition) is 4. The highest BCUT2D eigenvalue weighted by Gasteiger charge is 2.20. The van der Waals surface area contributed by atoms with E-state index in [2.05, 4.69) is 15.3 Å². The highest BCUT2D eigenvalue weighted by molar-refractivity contribution is 6.30. The summed E-state index contributed by atoms with van der Waals surface area (Å²) >= 11 is 5.78. The lowest BCUT2D eigenvalue weighted by atomic mass is 10.1. The number of methoxy groups -OCH3 is 1. The second kappa shape index (κ2) is 7.55. The van der Waals surface area contributed by atoms with E-state index in [1.54, 1.807) is 24.3 Å². The van der Waals surface area contributed by atoms with Crippen molar-refractivity contribution in [3.8, 4) is 0 Å². The number of hydrogen-bond donors (Lipinski definition) is 1. The Morgan fingerprint density at radius 2 is 2.22 bits per heavy atom. The van der Waals surface area contributed by atoms with Crippen LogP contribution in [0.15, 0.2) is 29.4 Å². The first kappa shape index (κ1) is 14.3. The van der Waals surface area contributed by atoms with Crippen molar-refractivity contribution in [2.24, 2.45) is 5.11 Å². The summed E-state index contributed by atoms with van der Waals surface area (Å²) in [6.07, 6.45) is 0. The summed E-state index contributed by atoms with van der Waals surface area (Å²) in [7, 11) is 1.32. The van der Waals surface area contributed by atoms with Crippen LogP contribution in [0.2, 0.25) is 5.02 Å². The van der Waals surface area contributed by atoms with Gasteiger partial charge in [-0.3, -0.25) is 0 Å². The van der Waals surface area contributed by atoms with Crippen molar-refractivity contribution in [1.29, 1.82) is 0 Å². The van der Waals surface area contributed by atoms with Gasteiger partial charge in [-0.05, 0) is 23.2 Å². The molecule has 18 heavy (non-hydrogen) atoms. The van der Waals surface area contributed by atoms with Crippen LogP contribution in [0.25, 0.3) is 10.4 Å². The predicted octanol–water partition coefficient (Wildman–Crippen LogP) is 2.45. The number of rotatable bonds is 6. The van der Waals surface area contributed by atoms with Gasteiger partial charge in [-0.2, -0.15) is 0 Å². The van der Waals surface area contributed by atoms with Crippen molar-refractivity contribution < 1.29 is 9.53 Å². The van der Waals surface area contributed by atoms with Crippen molar-refractivity contribution >= 4 is 17.6 Å². The van der Waals surface area contributed by atoms with Crippen molar-refractivity contribution in [1.82, 2.24) is 5.32 Å². The van der Waals surface area contributed by atoms with E-state index in [9.17, 15) is 4.79 Å². The third-order valence-electron chi connectivity index (χ3n) is 2.26. The Hall–Kier alpha value is -1.75. The molecule has 7 heteroatoms. The van der Waals surface area contributed by atoms with Gasteiger partial charge >= 0.3 is 5.97 Å². The molecule has 0 aromatic heterocycles. The Bertz CT molecular complexity index is 443. The summed E-state index contributed by atoms with van der Waals surface area (Å²) < 4.78 is 4.72. The number of ether oxygens (including phenoxy) is 1. The van der Waals surface area contributed by atoms with Gasteiger partial charge in [0.25, 0.3) is 0 Å². The van der Waals surface area contributed by atoms with Gasteiger partial charge in [0.1, 0.15) is 6.04 Å². The molecule has 1 unspecified atom stereocenters. The zero-order valence-electron chi connectivity index (χ0n) is 9.84. The molecule has 0 aliphatic carbocycles. The third kappa shape index (κ3) is 4.25. The average Bonchev–Trinajstić information content (AvgIpc) is 2.39. The van der Waals surface area contributed by atoms with Gasteiger partial charge < -0.3 is 10.1 Å². The molecule has 0 amide bonds. The zero-order chi connectivity index (χ0) is 13.4. The number of azide groups is 1. The lowest BCUT2D eigenvalue weighted by Crippen LogP contribution is -2.31. The Morgan fingerprint density at radius 1 is 1.56 bits per heavy atom. The summed E-state index contributed by atoms with van der Waals surface area (Å²) in [5.74, 6) is -0.404. The van der Waals surface area contributed by atoms with E-state index in [1.807, 2.05) is 0 Å². The summed E-state index contributed by atoms with van der Waals surface area (Å²) in [6.45, 7) is 0.643. The molecule has 6 nitrogen and oxygen atoms in total. The van der Waals surface area contributed by atoms with Crippen molar-refractivity contribution in [3.05, 3.63) is 45.3 Å². The number of carbonyl (C=O) groups excluding carboxylic acids is 1. The molecule has 1 aromatic rings. The lowest BCUT2D eigenvalue weighted by molar-refractivity contribution is -0.143. The van der Waals surface area contributed by atoms with Crippen LogP contribution < -0.4 is 5.32 Å². The maximum atomic E-state index is 11.6. The van der Waals surface area contributed by atoms with Crippen LogP contribution in [0.4, 0.5) is 0 Å². The Morgan fingerprint density at radius 3 is 2.78 bits per heavy atom. The molecule has 1 rings (SSSR count). The summed E-state index contributed by atoms with van der Waals surface area (Å²) in [4.78, 5) is 14.3. The number of benzene rings is 1. The van der Waals surface area contributed by atoms with Crippen molar-refractivity contribution in [3.63, 3.8) is 0 Å². The molecule has 0 aliphatic rings. The molecule has 0 saturated carbocycles. The van der Waals surface area contributed by atoms with Gasteiger partial charge in [0, 0.05) is 23.0 Å². The first-order valence-electron chi connectivity index (χ1n) is 5.26. The first-order valence-corrected chi connectivity index (χ1v) is 5.64. The Labute approximate surface area is 110 Å². The fourth-order valence-electron chi connectivity index (χ4n) is 1.41. The largest absolute Gasteiger partial charge is 0.468 e. The minimum Gasteiger partial charge on any atom is -0.468 e. The van der Waals surface area contributed by atoms with E-state index in [-0.39, 0.29) is 6.54 Å². The molecule has 0 saturated heterocycles. The molecule has 0 bridgehead atoms. The number of halogens is 1. The second-order valence-corrected chi connectivity index (χ2v) is 3.85. The van der Waals surface area contributed by atoms with Crippen LogP contribution in [-0.2, 0) is 9.53 Å². The van der Waals surface area contributed by atoms with Gasteiger partial charge in [0.05, 0.1) is 7.11 Å². The first-order chi connectivity index (χ1) is 8.69. The highest BCUT2D eigenvalue weighted by Crippen LogP contribution is 2.17. The fourth-order valence-corrected chi connectivity index (χ4v) is 1.54. The van der Waals surface area contributed by atoms with E-state index in [4.69, 9.17) is 21.9 Å². The molecule has 0 spiro atoms. The molecule has 1 atom stereocenters. The van der Waals surface area contributed by atoms with Gasteiger partial charge in [0.2, 0.25) is 0 Å². The molecule has 0 fully saturated rings. The minimum absolute atomic E-state index is 0.261. The standard InChI is InChI=1S/C11H13ClN4O2/c1-18-11(17)10(14-6-7-15-16-13)8-2-4-9(12)5-3-8/h2-5,10,14H,6-7H2,1H3. The van der Waals surface area contributed by atoms with E-state index in [0.29, 0.717) is 11.6 Å². The zero-order valence-corrected chi connectivity index (χ0v) is 10.6. The molecular weight excluding hydrogens is 256 g/mol. The van der Waals surface area contributed by atoms with Gasteiger partial charge in [-0.25, -0.2) is 4.79 Å². The average molecular weight is 269 g/mol. The van der Waals surface area contributed by atoms with Crippen molar-refractivity contribution in [2.45, 2.75) is 6.04 Å². The molecule has 1 N–H and O–H groups in total. The normalized spacial score (nSPS) is 11.4. The quantitative estimate of drug-likeness (QED) is 0.283. The Balaban J connectivity index is 2.74. The van der Waals surface area contributed by atoms with Crippen LogP contribution in [0.3, 0.4) is 0 Å². The fraction of sp³-hybridized carbons (Fsp3) is 0.364. The molecule has 0 radical (unpaired) electrons. The molecule has 0 aliphatic heterocycles. The lowest BCUT2D eigenvalue weighted by Gasteiger charge is -2.16. The van der Waals surface area contributed by atoms with Crippen LogP contribution in [-0.4, -0.2) is 26.2 Å². The topological polar surface area (TPSA) is 87.1 Å². The minimum atomic E-state index is -0.596. The molecule has 96 valence electrons. The van der Waals surface area contributed by atoms with Gasteiger partial charge in [0.15, 0.2) is 0 Å². The smallest absolute Gasteiger partial charge is 0.327 e. The number of nitrogens with one attached hydrogen (secondary N) is 1. The maximum Gasteiger partial charge on any atom is 0.327 e. The van der Waals surface area contributed by atoms with E-state index < -0.39 is 12.0 Å². The second-order valence-electron chi connectivity index (χ2n) is 3.42. The SMILES string of the molecule is COC(=O)C(NCCN=[N+]=[N-])c1ccc(Cl)cc1. The van der Waals surface area contributed by atoms with Crippen LogP contribution in [0.5, 0.6) is 0 Å². The highest BCUT2D eigenvalue weighted by atomic mass is 35.5. The third-order valence-corrected chi connectivity index (χ3v) is 2.52. The van der Waals surface area contributed by atoms with Gasteiger partial charge in [-0.15, -0.1) is 0 Å². The molecular formula is C11H13ClN4O2. The molecule has 1 aromatic carbocycles. The summed E-state index contributed by atoms with van der Waals surface area (Å²) in [6, 6.07) is 6.28. The van der Waals surface area contributed by atoms with Crippen molar-refractivity contribution in [2.75, 3.05) is 20.2 Å². The summed E-state index contributed by atoms with van der Waals surface area (Å²) in [5.41, 5.74) is 8.90. The van der Waals surface area contributed by atoms with Crippen LogP contribution in [0.1, 0.15) is 11.6 Å². The predicted molar refractivity (Wildman–Crippen MR) is 68.2 cm³/mol. The number of carbonyl (C=O) groups is 1. The van der Waals surface area contributed by atoms with Gasteiger partial charge in [-0.1, -0.05) is 28.8 Å². The number of esters is 1. The molecule has 0 heterocycles. The van der Waals surface area contributed by atoms with Crippen LogP contribution >= 0.6 is 11.6 Å². The Kier molecular flexibility index (Phi) is 6.00.